The maximum Gasteiger partial charge on any atom is 0.411 e. The number of carbonyl (C=O) groups is 1. The first-order valence-electron chi connectivity index (χ1n) is 9.28. The van der Waals surface area contributed by atoms with E-state index in [0.717, 1.165) is 13.0 Å². The first kappa shape index (κ1) is 18.6. The van der Waals surface area contributed by atoms with Crippen LogP contribution in [0.25, 0.3) is 0 Å². The zero-order valence-corrected chi connectivity index (χ0v) is 14.8. The van der Waals surface area contributed by atoms with E-state index in [1.165, 1.54) is 50.1 Å². The van der Waals surface area contributed by atoms with Crippen LogP contribution in [0.2, 0.25) is 0 Å². The van der Waals surface area contributed by atoms with Crippen molar-refractivity contribution in [3.05, 3.63) is 24.3 Å². The van der Waals surface area contributed by atoms with Gasteiger partial charge < -0.3 is 14.4 Å². The maximum absolute atomic E-state index is 12.0. The van der Waals surface area contributed by atoms with Gasteiger partial charge in [-0.2, -0.15) is 0 Å². The van der Waals surface area contributed by atoms with Gasteiger partial charge in [0.15, 0.2) is 0 Å². The summed E-state index contributed by atoms with van der Waals surface area (Å²) < 4.78 is 11.1. The molecule has 1 aromatic carbocycles. The van der Waals surface area contributed by atoms with Gasteiger partial charge in [-0.25, -0.2) is 4.79 Å². The SMILES string of the molecule is CCCCCCOc1ccccc1NC(=O)OCC[NH+]1CCCC1. The van der Waals surface area contributed by atoms with E-state index in [-0.39, 0.29) is 0 Å². The molecule has 134 valence electrons. The van der Waals surface area contributed by atoms with E-state index in [2.05, 4.69) is 12.2 Å². The molecule has 0 aromatic heterocycles. The number of para-hydroxylation sites is 2. The number of hydrogen-bond acceptors (Lipinski definition) is 3. The van der Waals surface area contributed by atoms with Gasteiger partial charge in [-0.05, 0) is 18.6 Å². The van der Waals surface area contributed by atoms with Gasteiger partial charge >= 0.3 is 6.09 Å². The zero-order valence-electron chi connectivity index (χ0n) is 14.8. The van der Waals surface area contributed by atoms with Crippen LogP contribution in [0.4, 0.5) is 10.5 Å². The lowest BCUT2D eigenvalue weighted by molar-refractivity contribution is -0.887. The number of ether oxygens (including phenoxy) is 2. The molecule has 1 aromatic rings. The minimum atomic E-state index is -0.407. The van der Waals surface area contributed by atoms with E-state index >= 15 is 0 Å². The predicted octanol–water partition coefficient (Wildman–Crippen LogP) is 2.87. The summed E-state index contributed by atoms with van der Waals surface area (Å²) in [6.45, 7) is 6.60. The van der Waals surface area contributed by atoms with Crippen LogP contribution >= 0.6 is 0 Å². The van der Waals surface area contributed by atoms with Gasteiger partial charge in [-0.3, -0.25) is 5.32 Å². The fourth-order valence-corrected chi connectivity index (χ4v) is 2.97. The van der Waals surface area contributed by atoms with E-state index < -0.39 is 6.09 Å². The molecule has 1 amide bonds. The van der Waals surface area contributed by atoms with E-state index in [1.54, 1.807) is 0 Å². The molecular weight excluding hydrogens is 304 g/mol. The number of likely N-dealkylation sites (tertiary alicyclic amines) is 1. The molecule has 1 aliphatic rings. The van der Waals surface area contributed by atoms with Crippen molar-refractivity contribution < 1.29 is 19.2 Å². The smallest absolute Gasteiger partial charge is 0.411 e. The van der Waals surface area contributed by atoms with Crippen LogP contribution in [-0.2, 0) is 4.74 Å². The predicted molar refractivity (Wildman–Crippen MR) is 95.8 cm³/mol. The Bertz CT molecular complexity index is 487. The number of hydrogen-bond donors (Lipinski definition) is 2. The van der Waals surface area contributed by atoms with Crippen LogP contribution in [0.1, 0.15) is 45.4 Å². The number of rotatable bonds is 10. The molecule has 1 saturated heterocycles. The zero-order chi connectivity index (χ0) is 17.0. The molecule has 1 fully saturated rings. The Balaban J connectivity index is 1.71. The molecule has 1 aliphatic heterocycles. The molecule has 0 saturated carbocycles. The monoisotopic (exact) mass is 335 g/mol. The third-order valence-electron chi connectivity index (χ3n) is 4.38. The number of benzene rings is 1. The van der Waals surface area contributed by atoms with E-state index in [1.807, 2.05) is 24.3 Å². The van der Waals surface area contributed by atoms with Gasteiger partial charge in [0, 0.05) is 12.8 Å². The molecule has 0 radical (unpaired) electrons. The fraction of sp³-hybridized carbons (Fsp3) is 0.632. The highest BCUT2D eigenvalue weighted by molar-refractivity contribution is 5.86. The first-order valence-corrected chi connectivity index (χ1v) is 9.28. The van der Waals surface area contributed by atoms with Crippen molar-refractivity contribution in [2.75, 3.05) is 38.2 Å². The van der Waals surface area contributed by atoms with Gasteiger partial charge in [-0.15, -0.1) is 0 Å². The molecule has 0 aliphatic carbocycles. The average molecular weight is 335 g/mol. The van der Waals surface area contributed by atoms with Crippen molar-refractivity contribution >= 4 is 11.8 Å². The minimum absolute atomic E-state index is 0.407. The second-order valence-electron chi connectivity index (χ2n) is 6.37. The Labute approximate surface area is 145 Å². The minimum Gasteiger partial charge on any atom is -0.491 e. The molecule has 1 heterocycles. The summed E-state index contributed by atoms with van der Waals surface area (Å²) in [4.78, 5) is 13.5. The Hall–Kier alpha value is -1.75. The highest BCUT2D eigenvalue weighted by Crippen LogP contribution is 2.24. The van der Waals surface area contributed by atoms with Crippen molar-refractivity contribution in [3.63, 3.8) is 0 Å². The third-order valence-corrected chi connectivity index (χ3v) is 4.38. The summed E-state index contributed by atoms with van der Waals surface area (Å²) in [5.74, 6) is 0.705. The first-order chi connectivity index (χ1) is 11.8. The summed E-state index contributed by atoms with van der Waals surface area (Å²) in [6.07, 6.45) is 6.81. The summed E-state index contributed by atoms with van der Waals surface area (Å²) >= 11 is 0. The van der Waals surface area contributed by atoms with Gasteiger partial charge in [0.1, 0.15) is 18.9 Å². The molecule has 2 rings (SSSR count). The van der Waals surface area contributed by atoms with E-state index in [0.29, 0.717) is 24.7 Å². The Kier molecular flexibility index (Phi) is 8.46. The van der Waals surface area contributed by atoms with Gasteiger partial charge in [-0.1, -0.05) is 38.3 Å². The quantitative estimate of drug-likeness (QED) is 0.647. The summed E-state index contributed by atoms with van der Waals surface area (Å²) in [5.41, 5.74) is 0.673. The van der Waals surface area contributed by atoms with Crippen LogP contribution < -0.4 is 15.0 Å². The highest BCUT2D eigenvalue weighted by Gasteiger charge is 2.15. The molecular formula is C19H31N2O3+. The lowest BCUT2D eigenvalue weighted by Crippen LogP contribution is -3.10. The molecule has 0 atom stereocenters. The maximum atomic E-state index is 12.0. The van der Waals surface area contributed by atoms with Crippen molar-refractivity contribution in [2.24, 2.45) is 0 Å². The average Bonchev–Trinajstić information content (AvgIpc) is 3.09. The van der Waals surface area contributed by atoms with E-state index in [4.69, 9.17) is 9.47 Å². The molecule has 24 heavy (non-hydrogen) atoms. The van der Waals surface area contributed by atoms with E-state index in [9.17, 15) is 4.79 Å². The summed E-state index contributed by atoms with van der Waals surface area (Å²) in [6, 6.07) is 7.51. The van der Waals surface area contributed by atoms with Crippen molar-refractivity contribution in [1.82, 2.24) is 0 Å². The molecule has 0 spiro atoms. The Morgan fingerprint density at radius 3 is 2.71 bits per heavy atom. The second kappa shape index (κ2) is 10.9. The molecule has 0 unspecified atom stereocenters. The number of nitrogens with one attached hydrogen (secondary N) is 2. The topological polar surface area (TPSA) is 52.0 Å². The van der Waals surface area contributed by atoms with Crippen molar-refractivity contribution in [1.29, 1.82) is 0 Å². The van der Waals surface area contributed by atoms with Gasteiger partial charge in [0.05, 0.1) is 25.4 Å². The van der Waals surface area contributed by atoms with Gasteiger partial charge in [0.2, 0.25) is 0 Å². The van der Waals surface area contributed by atoms with Crippen LogP contribution in [0.5, 0.6) is 5.75 Å². The molecule has 2 N–H and O–H groups in total. The second-order valence-corrected chi connectivity index (χ2v) is 6.37. The van der Waals surface area contributed by atoms with Crippen LogP contribution in [0.15, 0.2) is 24.3 Å². The number of carbonyl (C=O) groups excluding carboxylic acids is 1. The van der Waals surface area contributed by atoms with Crippen LogP contribution in [0, 0.1) is 0 Å². The Morgan fingerprint density at radius 2 is 1.92 bits per heavy atom. The largest absolute Gasteiger partial charge is 0.491 e. The fourth-order valence-electron chi connectivity index (χ4n) is 2.97. The number of anilines is 1. The van der Waals surface area contributed by atoms with Gasteiger partial charge in [0.25, 0.3) is 0 Å². The Morgan fingerprint density at radius 1 is 1.12 bits per heavy atom. The van der Waals surface area contributed by atoms with Crippen molar-refractivity contribution in [3.8, 4) is 5.75 Å². The summed E-state index contributed by atoms with van der Waals surface area (Å²) in [5, 5.41) is 2.79. The lowest BCUT2D eigenvalue weighted by Gasteiger charge is -2.14. The van der Waals surface area contributed by atoms with Crippen LogP contribution in [-0.4, -0.2) is 38.9 Å². The van der Waals surface area contributed by atoms with Crippen LogP contribution in [0.3, 0.4) is 0 Å². The lowest BCUT2D eigenvalue weighted by atomic mass is 10.2. The third kappa shape index (κ3) is 6.79. The normalized spacial score (nSPS) is 14.5. The highest BCUT2D eigenvalue weighted by atomic mass is 16.5. The standard InChI is InChI=1S/C19H30N2O3/c1-2-3-4-9-15-23-18-11-6-5-10-17(18)20-19(22)24-16-14-21-12-7-8-13-21/h5-6,10-11H,2-4,7-9,12-16H2,1H3,(H,20,22)/p+1. The number of quaternary nitrogens is 1. The number of unbranched alkanes of at least 4 members (excludes halogenated alkanes) is 3. The van der Waals surface area contributed by atoms with Crippen molar-refractivity contribution in [2.45, 2.75) is 45.4 Å². The molecule has 5 nitrogen and oxygen atoms in total. The molecule has 5 heteroatoms. The summed E-state index contributed by atoms with van der Waals surface area (Å²) in [7, 11) is 0. The number of amides is 1. The molecule has 0 bridgehead atoms.